The summed E-state index contributed by atoms with van der Waals surface area (Å²) in [5.41, 5.74) is 0. The molecule has 2 heterocycles. The molecule has 0 amide bonds. The summed E-state index contributed by atoms with van der Waals surface area (Å²) in [6, 6.07) is 0. The van der Waals surface area contributed by atoms with E-state index in [0.29, 0.717) is 0 Å². The number of thioether (sulfide) groups is 1. The maximum absolute atomic E-state index is 5.36. The van der Waals surface area contributed by atoms with E-state index in [0.717, 1.165) is 18.5 Å². The second-order valence-corrected chi connectivity index (χ2v) is 5.68. The minimum absolute atomic E-state index is 0.863. The van der Waals surface area contributed by atoms with Crippen LogP contribution in [0.5, 0.6) is 0 Å². The Bertz CT molecular complexity index is 150. The third kappa shape index (κ3) is 4.31. The van der Waals surface area contributed by atoms with Crippen molar-refractivity contribution < 1.29 is 4.74 Å². The highest BCUT2D eigenvalue weighted by Gasteiger charge is 2.15. The van der Waals surface area contributed by atoms with Gasteiger partial charge in [0.2, 0.25) is 0 Å². The zero-order valence-electron chi connectivity index (χ0n) is 9.41. The minimum Gasteiger partial charge on any atom is -0.381 e. The van der Waals surface area contributed by atoms with Crippen LogP contribution in [0.25, 0.3) is 0 Å². The Balaban J connectivity index is 1.53. The first-order valence-corrected chi connectivity index (χ1v) is 7.12. The summed E-state index contributed by atoms with van der Waals surface area (Å²) in [5.74, 6) is 1.30. The van der Waals surface area contributed by atoms with Crippen molar-refractivity contribution in [3.05, 3.63) is 0 Å². The van der Waals surface area contributed by atoms with Crippen LogP contribution in [0, 0.1) is 0 Å². The molecule has 4 heteroatoms. The van der Waals surface area contributed by atoms with Crippen LogP contribution in [0.15, 0.2) is 0 Å². The van der Waals surface area contributed by atoms with Crippen LogP contribution in [0.4, 0.5) is 0 Å². The van der Waals surface area contributed by atoms with Crippen molar-refractivity contribution in [1.29, 1.82) is 0 Å². The second kappa shape index (κ2) is 6.74. The topological polar surface area (TPSA) is 24.5 Å². The summed E-state index contributed by atoms with van der Waals surface area (Å²) in [6.45, 7) is 8.02. The summed E-state index contributed by atoms with van der Waals surface area (Å²) >= 11 is 2.15. The fraction of sp³-hybridized carbons (Fsp3) is 1.00. The molecule has 2 aliphatic heterocycles. The number of ether oxygens (including phenoxy) is 1. The third-order valence-corrected chi connectivity index (χ3v) is 4.50. The first-order chi connectivity index (χ1) is 7.45. The fourth-order valence-electron chi connectivity index (χ4n) is 2.13. The Kier molecular flexibility index (Phi) is 5.26. The van der Waals surface area contributed by atoms with Gasteiger partial charge in [0.1, 0.15) is 0 Å². The molecule has 0 atom stereocenters. The number of piperazine rings is 1. The van der Waals surface area contributed by atoms with Crippen molar-refractivity contribution in [3.63, 3.8) is 0 Å². The molecule has 0 bridgehead atoms. The van der Waals surface area contributed by atoms with Crippen LogP contribution in [0.3, 0.4) is 0 Å². The maximum atomic E-state index is 5.36. The molecule has 2 saturated heterocycles. The van der Waals surface area contributed by atoms with E-state index < -0.39 is 0 Å². The molecule has 0 aliphatic carbocycles. The van der Waals surface area contributed by atoms with Gasteiger partial charge in [0, 0.05) is 56.9 Å². The molecule has 15 heavy (non-hydrogen) atoms. The van der Waals surface area contributed by atoms with Crippen molar-refractivity contribution in [3.8, 4) is 0 Å². The number of rotatable bonds is 4. The van der Waals surface area contributed by atoms with E-state index in [1.807, 2.05) is 0 Å². The first-order valence-electron chi connectivity index (χ1n) is 6.07. The molecule has 0 aromatic carbocycles. The highest BCUT2D eigenvalue weighted by Crippen LogP contribution is 2.21. The molecule has 0 radical (unpaired) electrons. The summed E-state index contributed by atoms with van der Waals surface area (Å²) < 4.78 is 5.36. The quantitative estimate of drug-likeness (QED) is 0.772. The Labute approximate surface area is 96.9 Å². The summed E-state index contributed by atoms with van der Waals surface area (Å²) in [6.07, 6.45) is 2.51. The Hall–Kier alpha value is 0.230. The molecule has 0 unspecified atom stereocenters. The van der Waals surface area contributed by atoms with Gasteiger partial charge in [0.25, 0.3) is 0 Å². The van der Waals surface area contributed by atoms with E-state index in [2.05, 4.69) is 22.0 Å². The monoisotopic (exact) mass is 230 g/mol. The van der Waals surface area contributed by atoms with Crippen LogP contribution in [0.1, 0.15) is 12.8 Å². The standard InChI is InChI=1S/C11H22N2OS/c1-8-14-9-2-11(1)15-10-7-13-5-3-12-4-6-13/h11-12H,1-10H2. The van der Waals surface area contributed by atoms with Gasteiger partial charge >= 0.3 is 0 Å². The molecule has 0 spiro atoms. The maximum Gasteiger partial charge on any atom is 0.0476 e. The molecular formula is C11H22N2OS. The molecule has 2 fully saturated rings. The first kappa shape index (κ1) is 11.7. The van der Waals surface area contributed by atoms with Crippen LogP contribution in [-0.2, 0) is 4.74 Å². The van der Waals surface area contributed by atoms with Crippen molar-refractivity contribution in [2.24, 2.45) is 0 Å². The van der Waals surface area contributed by atoms with E-state index in [9.17, 15) is 0 Å². The highest BCUT2D eigenvalue weighted by atomic mass is 32.2. The van der Waals surface area contributed by atoms with Gasteiger partial charge in [-0.2, -0.15) is 11.8 Å². The van der Waals surface area contributed by atoms with E-state index in [4.69, 9.17) is 4.74 Å². The normalized spacial score (nSPS) is 25.6. The molecule has 0 aromatic heterocycles. The average molecular weight is 230 g/mol. The number of nitrogens with one attached hydrogen (secondary N) is 1. The van der Waals surface area contributed by atoms with Gasteiger partial charge in [-0.15, -0.1) is 0 Å². The molecule has 3 nitrogen and oxygen atoms in total. The Morgan fingerprint density at radius 3 is 2.67 bits per heavy atom. The smallest absolute Gasteiger partial charge is 0.0476 e. The Morgan fingerprint density at radius 1 is 1.20 bits per heavy atom. The van der Waals surface area contributed by atoms with Crippen LogP contribution >= 0.6 is 11.8 Å². The summed E-state index contributed by atoms with van der Waals surface area (Å²) in [7, 11) is 0. The average Bonchev–Trinajstić information content (AvgIpc) is 2.32. The van der Waals surface area contributed by atoms with Crippen LogP contribution in [-0.4, -0.2) is 61.8 Å². The van der Waals surface area contributed by atoms with Crippen LogP contribution in [0.2, 0.25) is 0 Å². The predicted octanol–water partition coefficient (Wildman–Crippen LogP) is 0.804. The van der Waals surface area contributed by atoms with Gasteiger partial charge in [-0.25, -0.2) is 0 Å². The molecule has 0 aromatic rings. The van der Waals surface area contributed by atoms with Gasteiger partial charge in [-0.05, 0) is 12.8 Å². The van der Waals surface area contributed by atoms with Crippen molar-refractivity contribution in [1.82, 2.24) is 10.2 Å². The lowest BCUT2D eigenvalue weighted by Gasteiger charge is -2.28. The van der Waals surface area contributed by atoms with Crippen LogP contribution < -0.4 is 5.32 Å². The molecular weight excluding hydrogens is 208 g/mol. The summed E-state index contributed by atoms with van der Waals surface area (Å²) in [5, 5.41) is 4.25. The van der Waals surface area contributed by atoms with Gasteiger partial charge < -0.3 is 10.1 Å². The predicted molar refractivity (Wildman–Crippen MR) is 65.6 cm³/mol. The molecule has 0 saturated carbocycles. The van der Waals surface area contributed by atoms with Crippen molar-refractivity contribution >= 4 is 11.8 Å². The van der Waals surface area contributed by atoms with Gasteiger partial charge in [0.05, 0.1) is 0 Å². The van der Waals surface area contributed by atoms with E-state index in [1.54, 1.807) is 0 Å². The molecule has 1 N–H and O–H groups in total. The lowest BCUT2D eigenvalue weighted by atomic mass is 10.2. The van der Waals surface area contributed by atoms with Gasteiger partial charge in [-0.3, -0.25) is 4.90 Å². The van der Waals surface area contributed by atoms with Crippen molar-refractivity contribution in [2.75, 3.05) is 51.7 Å². The SMILES string of the molecule is C1CN(CCSC2CCOCC2)CCN1. The molecule has 2 rings (SSSR count). The minimum atomic E-state index is 0.863. The lowest BCUT2D eigenvalue weighted by molar-refractivity contribution is 0.1000. The van der Waals surface area contributed by atoms with Gasteiger partial charge in [0.15, 0.2) is 0 Å². The molecule has 88 valence electrons. The zero-order chi connectivity index (χ0) is 10.3. The molecule has 2 aliphatic rings. The Morgan fingerprint density at radius 2 is 1.93 bits per heavy atom. The number of hydrogen-bond acceptors (Lipinski definition) is 4. The number of hydrogen-bond donors (Lipinski definition) is 1. The largest absolute Gasteiger partial charge is 0.381 e. The highest BCUT2D eigenvalue weighted by molar-refractivity contribution is 7.99. The third-order valence-electron chi connectivity index (χ3n) is 3.14. The second-order valence-electron chi connectivity index (χ2n) is 4.27. The van der Waals surface area contributed by atoms with Crippen molar-refractivity contribution in [2.45, 2.75) is 18.1 Å². The van der Waals surface area contributed by atoms with E-state index >= 15 is 0 Å². The van der Waals surface area contributed by atoms with E-state index in [-0.39, 0.29) is 0 Å². The zero-order valence-corrected chi connectivity index (χ0v) is 10.2. The lowest BCUT2D eigenvalue weighted by Crippen LogP contribution is -2.44. The van der Waals surface area contributed by atoms with E-state index in [1.165, 1.54) is 51.3 Å². The van der Waals surface area contributed by atoms with Gasteiger partial charge in [-0.1, -0.05) is 0 Å². The fourth-order valence-corrected chi connectivity index (χ4v) is 3.35. The summed E-state index contributed by atoms with van der Waals surface area (Å²) in [4.78, 5) is 2.57. The number of nitrogens with zero attached hydrogens (tertiary/aromatic N) is 1.